The van der Waals surface area contributed by atoms with Crippen molar-refractivity contribution in [2.24, 2.45) is 0 Å². The molecule has 34 heavy (non-hydrogen) atoms. The highest BCUT2D eigenvalue weighted by molar-refractivity contribution is 7.79. The predicted molar refractivity (Wildman–Crippen MR) is 150 cm³/mol. The summed E-state index contributed by atoms with van der Waals surface area (Å²) in [6.45, 7) is 12.6. The van der Waals surface area contributed by atoms with Gasteiger partial charge in [-0.25, -0.2) is 0 Å². The molecule has 8 heteroatoms. The van der Waals surface area contributed by atoms with Gasteiger partial charge in [0.1, 0.15) is 0 Å². The standard InChI is InChI=1S/C24H50O.C2H4.2H3N.H2O4S/c1-3-5-7-9-11-13-15-17-19-21-23-25-24-22-20-18-16-14-12-10-8-6-4-2;1-2;;;1-5(2,3)4/h3-24H2,1-2H3;1-2H2;2*1H3;(H2,1,2,3,4). The summed E-state index contributed by atoms with van der Waals surface area (Å²) < 4.78 is 37.4. The average Bonchev–Trinajstić information content (AvgIpc) is 2.75. The maximum Gasteiger partial charge on any atom is 0.394 e. The molecule has 0 aromatic carbocycles. The molecule has 0 aromatic rings. The van der Waals surface area contributed by atoms with E-state index in [1.807, 2.05) is 0 Å². The Morgan fingerprint density at radius 1 is 0.500 bits per heavy atom. The highest BCUT2D eigenvalue weighted by Crippen LogP contribution is 2.12. The summed E-state index contributed by atoms with van der Waals surface area (Å²) >= 11 is 0. The second-order valence-electron chi connectivity index (χ2n) is 8.42. The van der Waals surface area contributed by atoms with E-state index in [1.54, 1.807) is 0 Å². The molecule has 0 spiro atoms. The fourth-order valence-electron chi connectivity index (χ4n) is 3.49. The Hall–Kier alpha value is -0.510. The summed E-state index contributed by atoms with van der Waals surface area (Å²) in [7, 11) is -4.67. The fourth-order valence-corrected chi connectivity index (χ4v) is 3.49. The van der Waals surface area contributed by atoms with Crippen LogP contribution in [0.2, 0.25) is 0 Å². The molecule has 8 N–H and O–H groups in total. The Bertz CT molecular complexity index is 393. The van der Waals surface area contributed by atoms with Gasteiger partial charge in [0.15, 0.2) is 0 Å². The van der Waals surface area contributed by atoms with Gasteiger partial charge in [0.25, 0.3) is 0 Å². The second-order valence-corrected chi connectivity index (χ2v) is 9.32. The third kappa shape index (κ3) is 63.4. The smallest absolute Gasteiger partial charge is 0.381 e. The minimum atomic E-state index is -4.67. The molecule has 0 bridgehead atoms. The molecule has 0 aliphatic carbocycles. The van der Waals surface area contributed by atoms with Gasteiger partial charge in [0.2, 0.25) is 0 Å². The van der Waals surface area contributed by atoms with Crippen LogP contribution in [-0.2, 0) is 15.1 Å². The van der Waals surface area contributed by atoms with Gasteiger partial charge in [0.05, 0.1) is 0 Å². The average molecular weight is 515 g/mol. The second kappa shape index (κ2) is 39.7. The Kier molecular flexibility index (Phi) is 50.8. The molecule has 0 heterocycles. The van der Waals surface area contributed by atoms with Gasteiger partial charge in [-0.3, -0.25) is 9.11 Å². The zero-order chi connectivity index (χ0) is 24.8. The predicted octanol–water partition coefficient (Wildman–Crippen LogP) is 9.32. The first-order valence-electron chi connectivity index (χ1n) is 13.2. The molecule has 0 unspecified atom stereocenters. The van der Waals surface area contributed by atoms with E-state index in [4.69, 9.17) is 22.3 Å². The van der Waals surface area contributed by atoms with E-state index >= 15 is 0 Å². The molecule has 0 aliphatic heterocycles. The summed E-state index contributed by atoms with van der Waals surface area (Å²) in [4.78, 5) is 0. The normalized spacial score (nSPS) is 10.1. The fraction of sp³-hybridized carbons (Fsp3) is 0.923. The largest absolute Gasteiger partial charge is 0.394 e. The minimum absolute atomic E-state index is 0. The van der Waals surface area contributed by atoms with Crippen molar-refractivity contribution >= 4 is 10.4 Å². The Morgan fingerprint density at radius 2 is 0.676 bits per heavy atom. The Balaban J connectivity index is -0.000000274. The van der Waals surface area contributed by atoms with Crippen LogP contribution >= 0.6 is 0 Å². The van der Waals surface area contributed by atoms with Crippen LogP contribution in [0.3, 0.4) is 0 Å². The van der Waals surface area contributed by atoms with Crippen LogP contribution < -0.4 is 12.3 Å². The number of ether oxygens (including phenoxy) is 1. The van der Waals surface area contributed by atoms with E-state index in [0.717, 1.165) is 13.2 Å². The van der Waals surface area contributed by atoms with Gasteiger partial charge in [-0.15, -0.1) is 13.2 Å². The highest BCUT2D eigenvalue weighted by Gasteiger charge is 1.95. The van der Waals surface area contributed by atoms with Crippen molar-refractivity contribution in [3.63, 3.8) is 0 Å². The third-order valence-corrected chi connectivity index (χ3v) is 5.28. The Morgan fingerprint density at radius 3 is 0.882 bits per heavy atom. The molecule has 0 radical (unpaired) electrons. The topological polar surface area (TPSA) is 154 Å². The molecular weight excluding hydrogens is 452 g/mol. The van der Waals surface area contributed by atoms with E-state index in [0.29, 0.717) is 0 Å². The first-order chi connectivity index (χ1) is 15.4. The number of hydrogen-bond acceptors (Lipinski definition) is 5. The molecule has 0 fully saturated rings. The van der Waals surface area contributed by atoms with Crippen molar-refractivity contribution < 1.29 is 22.3 Å². The number of hydrogen-bond donors (Lipinski definition) is 4. The first-order valence-corrected chi connectivity index (χ1v) is 14.6. The van der Waals surface area contributed by atoms with Gasteiger partial charge >= 0.3 is 10.4 Å². The quantitative estimate of drug-likeness (QED) is 0.0637. The van der Waals surface area contributed by atoms with E-state index in [1.165, 1.54) is 128 Å². The van der Waals surface area contributed by atoms with Crippen LogP contribution in [0.4, 0.5) is 0 Å². The molecule has 0 atom stereocenters. The van der Waals surface area contributed by atoms with Crippen molar-refractivity contribution in [1.82, 2.24) is 12.3 Å². The van der Waals surface area contributed by atoms with E-state index in [9.17, 15) is 0 Å². The van der Waals surface area contributed by atoms with Gasteiger partial charge in [-0.05, 0) is 12.8 Å². The lowest BCUT2D eigenvalue weighted by Gasteiger charge is -2.05. The lowest BCUT2D eigenvalue weighted by atomic mass is 10.1. The van der Waals surface area contributed by atoms with Gasteiger partial charge in [-0.1, -0.05) is 129 Å². The SMILES string of the molecule is C=C.CCCCCCCCCCCCOCCCCCCCCCCCC.N.N.O=S(=O)(O)O. The van der Waals surface area contributed by atoms with Crippen molar-refractivity contribution in [3.8, 4) is 0 Å². The molecule has 0 aromatic heterocycles. The minimum Gasteiger partial charge on any atom is -0.381 e. The molecule has 7 nitrogen and oxygen atoms in total. The van der Waals surface area contributed by atoms with E-state index < -0.39 is 10.4 Å². The number of unbranched alkanes of at least 4 members (excludes halogenated alkanes) is 18. The lowest BCUT2D eigenvalue weighted by molar-refractivity contribution is 0.125. The van der Waals surface area contributed by atoms with Crippen LogP contribution in [0.15, 0.2) is 13.2 Å². The van der Waals surface area contributed by atoms with Crippen molar-refractivity contribution in [3.05, 3.63) is 13.2 Å². The number of rotatable bonds is 22. The summed E-state index contributed by atoms with van der Waals surface area (Å²) in [6, 6.07) is 0. The molecule has 0 amide bonds. The molecule has 0 saturated carbocycles. The van der Waals surface area contributed by atoms with Gasteiger partial charge in [-0.2, -0.15) is 8.42 Å². The first kappa shape index (κ1) is 43.6. The zero-order valence-corrected chi connectivity index (χ0v) is 23.7. The summed E-state index contributed by atoms with van der Waals surface area (Å²) in [5.41, 5.74) is 0. The van der Waals surface area contributed by atoms with Crippen molar-refractivity contribution in [2.75, 3.05) is 13.2 Å². The van der Waals surface area contributed by atoms with Crippen LogP contribution in [0.5, 0.6) is 0 Å². The van der Waals surface area contributed by atoms with Crippen LogP contribution in [-0.4, -0.2) is 30.7 Å². The Labute approximate surface area is 213 Å². The molecular formula is C26H62N2O5S. The van der Waals surface area contributed by atoms with Crippen LogP contribution in [0.1, 0.15) is 142 Å². The van der Waals surface area contributed by atoms with Crippen molar-refractivity contribution in [1.29, 1.82) is 0 Å². The zero-order valence-electron chi connectivity index (χ0n) is 22.9. The highest BCUT2D eigenvalue weighted by atomic mass is 32.3. The molecule has 212 valence electrons. The van der Waals surface area contributed by atoms with E-state index in [-0.39, 0.29) is 12.3 Å². The van der Waals surface area contributed by atoms with Gasteiger partial charge in [0, 0.05) is 13.2 Å². The summed E-state index contributed by atoms with van der Waals surface area (Å²) in [5.74, 6) is 0. The molecule has 0 aliphatic rings. The molecule has 0 saturated heterocycles. The summed E-state index contributed by atoms with van der Waals surface area (Å²) in [6.07, 6.45) is 28.2. The van der Waals surface area contributed by atoms with Crippen LogP contribution in [0, 0.1) is 0 Å². The molecule has 0 rings (SSSR count). The van der Waals surface area contributed by atoms with Crippen molar-refractivity contribution in [2.45, 2.75) is 142 Å². The van der Waals surface area contributed by atoms with E-state index in [2.05, 4.69) is 27.0 Å². The van der Waals surface area contributed by atoms with Gasteiger partial charge < -0.3 is 17.0 Å². The maximum atomic E-state index is 8.74. The van der Waals surface area contributed by atoms with Crippen LogP contribution in [0.25, 0.3) is 0 Å². The third-order valence-electron chi connectivity index (χ3n) is 5.28. The maximum absolute atomic E-state index is 8.74. The summed E-state index contributed by atoms with van der Waals surface area (Å²) in [5, 5.41) is 0. The lowest BCUT2D eigenvalue weighted by Crippen LogP contribution is -1.97. The monoisotopic (exact) mass is 514 g/mol.